The van der Waals surface area contributed by atoms with Gasteiger partial charge in [-0.15, -0.1) is 10.2 Å². The molecule has 1 aromatic heterocycles. The first-order valence-electron chi connectivity index (χ1n) is 9.86. The van der Waals surface area contributed by atoms with Crippen molar-refractivity contribution in [1.82, 2.24) is 15.5 Å². The van der Waals surface area contributed by atoms with Crippen molar-refractivity contribution >= 4 is 23.3 Å². The number of carbonyl (C=O) groups excluding carboxylic acids is 1. The quantitative estimate of drug-likeness (QED) is 0.718. The molecule has 0 atom stereocenters. The van der Waals surface area contributed by atoms with E-state index in [1.54, 1.807) is 12.1 Å². The van der Waals surface area contributed by atoms with E-state index in [1.165, 1.54) is 0 Å². The molecule has 0 spiro atoms. The SMILES string of the molecule is CCCNc1ccc(C(=O)NC2CCC(Oc3ccc(C)c(Cl)c3)CC2)nn1. The summed E-state index contributed by atoms with van der Waals surface area (Å²) < 4.78 is 6.05. The molecule has 2 aromatic rings. The smallest absolute Gasteiger partial charge is 0.272 e. The Bertz CT molecular complexity index is 789. The highest BCUT2D eigenvalue weighted by molar-refractivity contribution is 6.31. The van der Waals surface area contributed by atoms with Crippen molar-refractivity contribution in [2.75, 3.05) is 11.9 Å². The highest BCUT2D eigenvalue weighted by atomic mass is 35.5. The molecular formula is C21H27ClN4O2. The molecule has 1 saturated carbocycles. The van der Waals surface area contributed by atoms with E-state index >= 15 is 0 Å². The maximum absolute atomic E-state index is 12.4. The van der Waals surface area contributed by atoms with Gasteiger partial charge in [-0.1, -0.05) is 24.6 Å². The molecule has 3 rings (SSSR count). The van der Waals surface area contributed by atoms with E-state index in [-0.39, 0.29) is 18.1 Å². The maximum Gasteiger partial charge on any atom is 0.272 e. The Morgan fingerprint density at radius 2 is 1.96 bits per heavy atom. The average molecular weight is 403 g/mol. The Hall–Kier alpha value is -2.34. The number of hydrogen-bond acceptors (Lipinski definition) is 5. The highest BCUT2D eigenvalue weighted by Gasteiger charge is 2.24. The Kier molecular flexibility index (Phi) is 7.09. The van der Waals surface area contributed by atoms with Crippen LogP contribution in [0, 0.1) is 6.92 Å². The molecule has 2 N–H and O–H groups in total. The molecule has 1 aliphatic carbocycles. The van der Waals surface area contributed by atoms with E-state index in [4.69, 9.17) is 16.3 Å². The fourth-order valence-electron chi connectivity index (χ4n) is 3.22. The van der Waals surface area contributed by atoms with Crippen molar-refractivity contribution in [3.8, 4) is 5.75 Å². The lowest BCUT2D eigenvalue weighted by molar-refractivity contribution is 0.0888. The summed E-state index contributed by atoms with van der Waals surface area (Å²) in [6, 6.07) is 9.40. The molecule has 150 valence electrons. The predicted octanol–water partition coefficient (Wildman–Crippen LogP) is 4.38. The first-order chi connectivity index (χ1) is 13.5. The number of anilines is 1. The third-order valence-corrected chi connectivity index (χ3v) is 5.32. The number of nitrogens with zero attached hydrogens (tertiary/aromatic N) is 2. The van der Waals surface area contributed by atoms with Crippen molar-refractivity contribution < 1.29 is 9.53 Å². The van der Waals surface area contributed by atoms with Gasteiger partial charge < -0.3 is 15.4 Å². The second-order valence-electron chi connectivity index (χ2n) is 7.21. The number of ether oxygens (including phenoxy) is 1. The van der Waals surface area contributed by atoms with Crippen LogP contribution in [0.4, 0.5) is 5.82 Å². The van der Waals surface area contributed by atoms with Crippen molar-refractivity contribution in [3.63, 3.8) is 0 Å². The third-order valence-electron chi connectivity index (χ3n) is 4.91. The van der Waals surface area contributed by atoms with Gasteiger partial charge in [0.25, 0.3) is 5.91 Å². The van der Waals surface area contributed by atoms with Crippen molar-refractivity contribution in [1.29, 1.82) is 0 Å². The zero-order valence-electron chi connectivity index (χ0n) is 16.4. The first-order valence-corrected chi connectivity index (χ1v) is 10.2. The topological polar surface area (TPSA) is 76.1 Å². The minimum Gasteiger partial charge on any atom is -0.490 e. The summed E-state index contributed by atoms with van der Waals surface area (Å²) in [6.45, 7) is 4.89. The molecule has 1 fully saturated rings. The fraction of sp³-hybridized carbons (Fsp3) is 0.476. The van der Waals surface area contributed by atoms with E-state index in [2.05, 4.69) is 27.8 Å². The molecule has 6 nitrogen and oxygen atoms in total. The van der Waals surface area contributed by atoms with Crippen LogP contribution < -0.4 is 15.4 Å². The van der Waals surface area contributed by atoms with Crippen LogP contribution in [0.1, 0.15) is 55.1 Å². The number of rotatable bonds is 7. The van der Waals surface area contributed by atoms with Gasteiger partial charge in [0, 0.05) is 17.6 Å². The Morgan fingerprint density at radius 1 is 1.18 bits per heavy atom. The standard InChI is InChI=1S/C21H27ClN4O2/c1-3-12-23-20-11-10-19(25-26-20)21(27)24-15-5-8-16(9-6-15)28-17-7-4-14(2)18(22)13-17/h4,7,10-11,13,15-16H,3,5-6,8-9,12H2,1-2H3,(H,23,26)(H,24,27). The van der Waals surface area contributed by atoms with Gasteiger partial charge in [-0.3, -0.25) is 4.79 Å². The second-order valence-corrected chi connectivity index (χ2v) is 7.61. The number of nitrogens with one attached hydrogen (secondary N) is 2. The highest BCUT2D eigenvalue weighted by Crippen LogP contribution is 2.27. The molecule has 7 heteroatoms. The van der Waals surface area contributed by atoms with Gasteiger partial charge in [0.15, 0.2) is 5.69 Å². The number of carbonyl (C=O) groups is 1. The number of aromatic nitrogens is 2. The monoisotopic (exact) mass is 402 g/mol. The molecular weight excluding hydrogens is 376 g/mol. The van der Waals surface area contributed by atoms with Crippen LogP contribution in [0.2, 0.25) is 5.02 Å². The van der Waals surface area contributed by atoms with Crippen molar-refractivity contribution in [3.05, 3.63) is 46.6 Å². The molecule has 28 heavy (non-hydrogen) atoms. The number of benzene rings is 1. The van der Waals surface area contributed by atoms with E-state index in [9.17, 15) is 4.79 Å². The van der Waals surface area contributed by atoms with Crippen LogP contribution in [-0.2, 0) is 0 Å². The van der Waals surface area contributed by atoms with Crippen molar-refractivity contribution in [2.45, 2.75) is 58.1 Å². The predicted molar refractivity (Wildman–Crippen MR) is 111 cm³/mol. The Morgan fingerprint density at radius 3 is 2.61 bits per heavy atom. The van der Waals surface area contributed by atoms with Crippen LogP contribution in [0.25, 0.3) is 0 Å². The summed E-state index contributed by atoms with van der Waals surface area (Å²) in [5, 5.41) is 15.0. The molecule has 1 amide bonds. The molecule has 0 aliphatic heterocycles. The van der Waals surface area contributed by atoms with E-state index in [0.717, 1.165) is 55.0 Å². The van der Waals surface area contributed by atoms with Gasteiger partial charge in [0.2, 0.25) is 0 Å². The Labute approximate surface area is 171 Å². The number of halogens is 1. The lowest BCUT2D eigenvalue weighted by Crippen LogP contribution is -2.40. The zero-order valence-corrected chi connectivity index (χ0v) is 17.1. The van der Waals surface area contributed by atoms with Gasteiger partial charge in [-0.25, -0.2) is 0 Å². The molecule has 1 heterocycles. The number of amides is 1. The molecule has 0 unspecified atom stereocenters. The normalized spacial score (nSPS) is 19.1. The number of aryl methyl sites for hydroxylation is 1. The molecule has 0 radical (unpaired) electrons. The summed E-state index contributed by atoms with van der Waals surface area (Å²) >= 11 is 6.16. The summed E-state index contributed by atoms with van der Waals surface area (Å²) in [4.78, 5) is 12.4. The van der Waals surface area contributed by atoms with E-state index in [1.807, 2.05) is 25.1 Å². The van der Waals surface area contributed by atoms with Crippen LogP contribution in [0.5, 0.6) is 5.75 Å². The largest absolute Gasteiger partial charge is 0.490 e. The second kappa shape index (κ2) is 9.73. The van der Waals surface area contributed by atoms with Gasteiger partial charge in [0.05, 0.1) is 6.10 Å². The van der Waals surface area contributed by atoms with Crippen LogP contribution >= 0.6 is 11.6 Å². The maximum atomic E-state index is 12.4. The van der Waals surface area contributed by atoms with E-state index in [0.29, 0.717) is 11.5 Å². The zero-order chi connectivity index (χ0) is 19.9. The summed E-state index contributed by atoms with van der Waals surface area (Å²) in [7, 11) is 0. The van der Waals surface area contributed by atoms with Gasteiger partial charge in [0.1, 0.15) is 11.6 Å². The summed E-state index contributed by atoms with van der Waals surface area (Å²) in [5.74, 6) is 1.31. The van der Waals surface area contributed by atoms with Crippen LogP contribution in [-0.4, -0.2) is 34.8 Å². The van der Waals surface area contributed by atoms with Gasteiger partial charge in [-0.2, -0.15) is 0 Å². The Balaban J connectivity index is 1.45. The lowest BCUT2D eigenvalue weighted by atomic mass is 9.93. The van der Waals surface area contributed by atoms with Crippen LogP contribution in [0.15, 0.2) is 30.3 Å². The minimum atomic E-state index is -0.177. The van der Waals surface area contributed by atoms with Crippen LogP contribution in [0.3, 0.4) is 0 Å². The summed E-state index contributed by atoms with van der Waals surface area (Å²) in [5.41, 5.74) is 1.38. The molecule has 0 saturated heterocycles. The minimum absolute atomic E-state index is 0.133. The number of hydrogen-bond donors (Lipinski definition) is 2. The molecule has 0 bridgehead atoms. The van der Waals surface area contributed by atoms with Crippen molar-refractivity contribution in [2.24, 2.45) is 0 Å². The van der Waals surface area contributed by atoms with E-state index < -0.39 is 0 Å². The average Bonchev–Trinajstić information content (AvgIpc) is 2.71. The fourth-order valence-corrected chi connectivity index (χ4v) is 3.39. The molecule has 1 aromatic carbocycles. The first kappa shape index (κ1) is 20.4. The molecule has 1 aliphatic rings. The lowest BCUT2D eigenvalue weighted by Gasteiger charge is -2.29. The summed E-state index contributed by atoms with van der Waals surface area (Å²) in [6.07, 6.45) is 4.69. The third kappa shape index (κ3) is 5.58. The van der Waals surface area contributed by atoms with Gasteiger partial charge in [-0.05, 0) is 68.9 Å². The van der Waals surface area contributed by atoms with Gasteiger partial charge >= 0.3 is 0 Å².